The fourth-order valence-electron chi connectivity index (χ4n) is 2.14. The van der Waals surface area contributed by atoms with Crippen molar-refractivity contribution in [1.29, 1.82) is 0 Å². The Balaban J connectivity index is 0.00000225. The van der Waals surface area contributed by atoms with Gasteiger partial charge in [-0.25, -0.2) is 9.97 Å². The van der Waals surface area contributed by atoms with Crippen molar-refractivity contribution >= 4 is 68.7 Å². The first-order valence-corrected chi connectivity index (χ1v) is 10.1. The van der Waals surface area contributed by atoms with Gasteiger partial charge in [0.2, 0.25) is 5.91 Å². The van der Waals surface area contributed by atoms with Crippen molar-refractivity contribution in [2.75, 3.05) is 16.9 Å². The summed E-state index contributed by atoms with van der Waals surface area (Å²) in [6, 6.07) is 8.15. The van der Waals surface area contributed by atoms with Gasteiger partial charge in [0.25, 0.3) is 0 Å². The maximum atomic E-state index is 11.2. The van der Waals surface area contributed by atoms with Crippen LogP contribution in [0.5, 0.6) is 0 Å². The zero-order valence-corrected chi connectivity index (χ0v) is 17.1. The molecule has 132 valence electrons. The zero-order valence-electron chi connectivity index (χ0n) is 13.8. The van der Waals surface area contributed by atoms with Gasteiger partial charge >= 0.3 is 0 Å². The predicted octanol–water partition coefficient (Wildman–Crippen LogP) is 5.42. The van der Waals surface area contributed by atoms with E-state index in [9.17, 15) is 4.79 Å². The van der Waals surface area contributed by atoms with Crippen molar-refractivity contribution in [3.63, 3.8) is 0 Å². The molecule has 3 rings (SSSR count). The van der Waals surface area contributed by atoms with Crippen LogP contribution in [0, 0.1) is 6.92 Å². The molecule has 0 aliphatic rings. The minimum atomic E-state index is -0.121. The highest BCUT2D eigenvalue weighted by Crippen LogP contribution is 2.36. The average molecular weight is 413 g/mol. The molecular weight excluding hydrogens is 396 g/mol. The molecule has 0 radical (unpaired) electrons. The number of hydrogen-bond donors (Lipinski definition) is 2. The topological polar surface area (TPSA) is 66.9 Å². The molecule has 0 aliphatic heterocycles. The van der Waals surface area contributed by atoms with Crippen molar-refractivity contribution < 1.29 is 4.79 Å². The Kier molecular flexibility index (Phi) is 6.83. The van der Waals surface area contributed by atoms with Crippen LogP contribution in [-0.2, 0) is 4.79 Å². The van der Waals surface area contributed by atoms with Gasteiger partial charge in [0.05, 0.1) is 22.0 Å². The molecule has 9 heteroatoms. The molecule has 0 saturated heterocycles. The van der Waals surface area contributed by atoms with Crippen LogP contribution in [0.3, 0.4) is 0 Å². The molecule has 25 heavy (non-hydrogen) atoms. The van der Waals surface area contributed by atoms with E-state index in [2.05, 4.69) is 32.9 Å². The zero-order chi connectivity index (χ0) is 17.1. The Morgan fingerprint density at radius 1 is 1.20 bits per heavy atom. The van der Waals surface area contributed by atoms with Gasteiger partial charge in [-0.3, -0.25) is 4.79 Å². The van der Waals surface area contributed by atoms with E-state index in [1.165, 1.54) is 23.2 Å². The molecule has 0 fully saturated rings. The Labute approximate surface area is 164 Å². The van der Waals surface area contributed by atoms with E-state index in [0.29, 0.717) is 5.13 Å². The lowest BCUT2D eigenvalue weighted by Gasteiger charge is -2.07. The van der Waals surface area contributed by atoms with Gasteiger partial charge in [0.1, 0.15) is 0 Å². The molecular formula is C16H17ClN4OS3. The van der Waals surface area contributed by atoms with E-state index in [1.807, 2.05) is 30.5 Å². The number of anilines is 3. The summed E-state index contributed by atoms with van der Waals surface area (Å²) in [5, 5.41) is 9.53. The average Bonchev–Trinajstić information content (AvgIpc) is 3.14. The van der Waals surface area contributed by atoms with Crippen LogP contribution >= 0.6 is 46.8 Å². The van der Waals surface area contributed by atoms with Gasteiger partial charge in [-0.1, -0.05) is 23.5 Å². The van der Waals surface area contributed by atoms with E-state index >= 15 is 0 Å². The van der Waals surface area contributed by atoms with Crippen molar-refractivity contribution in [1.82, 2.24) is 9.97 Å². The molecule has 2 aromatic heterocycles. The molecule has 1 aromatic carbocycles. The highest BCUT2D eigenvalue weighted by Gasteiger charge is 2.14. The number of thioether (sulfide) groups is 1. The number of amides is 1. The van der Waals surface area contributed by atoms with Crippen LogP contribution in [0.2, 0.25) is 0 Å². The fraction of sp³-hybridized carbons (Fsp3) is 0.188. The van der Waals surface area contributed by atoms with Crippen LogP contribution in [0.15, 0.2) is 34.5 Å². The van der Waals surface area contributed by atoms with E-state index < -0.39 is 0 Å². The minimum Gasteiger partial charge on any atom is -0.331 e. The SMILES string of the molecule is CSc1ccccc1Nc1nc(-c2sc(NC(C)=O)nc2C)cs1.Cl. The maximum Gasteiger partial charge on any atom is 0.223 e. The summed E-state index contributed by atoms with van der Waals surface area (Å²) >= 11 is 4.68. The molecule has 0 atom stereocenters. The minimum absolute atomic E-state index is 0. The number of nitrogens with one attached hydrogen (secondary N) is 2. The highest BCUT2D eigenvalue weighted by molar-refractivity contribution is 7.98. The first kappa shape index (κ1) is 19.7. The molecule has 0 saturated carbocycles. The van der Waals surface area contributed by atoms with Gasteiger partial charge in [-0.15, -0.1) is 35.5 Å². The smallest absolute Gasteiger partial charge is 0.223 e. The Bertz CT molecular complexity index is 878. The third kappa shape index (κ3) is 4.72. The Morgan fingerprint density at radius 2 is 1.96 bits per heavy atom. The summed E-state index contributed by atoms with van der Waals surface area (Å²) in [5.41, 5.74) is 2.78. The normalized spacial score (nSPS) is 10.2. The number of thiazole rings is 2. The third-order valence-electron chi connectivity index (χ3n) is 3.16. The molecule has 0 aliphatic carbocycles. The number of rotatable bonds is 5. The predicted molar refractivity (Wildman–Crippen MR) is 111 cm³/mol. The second kappa shape index (κ2) is 8.66. The molecule has 0 unspecified atom stereocenters. The number of hydrogen-bond acceptors (Lipinski definition) is 7. The van der Waals surface area contributed by atoms with Gasteiger partial charge in [-0.05, 0) is 25.3 Å². The van der Waals surface area contributed by atoms with Gasteiger partial charge in [0, 0.05) is 17.2 Å². The highest BCUT2D eigenvalue weighted by atomic mass is 35.5. The monoisotopic (exact) mass is 412 g/mol. The van der Waals surface area contributed by atoms with Crippen LogP contribution in [0.4, 0.5) is 16.0 Å². The number of nitrogens with zero attached hydrogens (tertiary/aromatic N) is 2. The second-order valence-electron chi connectivity index (χ2n) is 4.98. The van der Waals surface area contributed by atoms with Crippen molar-refractivity contribution in [3.05, 3.63) is 35.3 Å². The van der Waals surface area contributed by atoms with E-state index in [-0.39, 0.29) is 18.3 Å². The molecule has 0 spiro atoms. The van der Waals surface area contributed by atoms with Crippen LogP contribution in [0.1, 0.15) is 12.6 Å². The second-order valence-corrected chi connectivity index (χ2v) is 7.68. The number of carbonyl (C=O) groups is 1. The summed E-state index contributed by atoms with van der Waals surface area (Å²) in [7, 11) is 0. The number of carbonyl (C=O) groups excluding carboxylic acids is 1. The molecule has 1 amide bonds. The number of aromatic nitrogens is 2. The number of benzene rings is 1. The summed E-state index contributed by atoms with van der Waals surface area (Å²) in [6.07, 6.45) is 2.05. The standard InChI is InChI=1S/C16H16N4OS3.ClH/c1-9-14(24-16(17-9)18-10(2)21)12-8-23-15(20-12)19-11-6-4-5-7-13(11)22-3;/h4-8H,1-3H3,(H,19,20)(H,17,18,21);1H. The summed E-state index contributed by atoms with van der Waals surface area (Å²) in [5.74, 6) is -0.121. The van der Waals surface area contributed by atoms with E-state index in [0.717, 1.165) is 27.1 Å². The summed E-state index contributed by atoms with van der Waals surface area (Å²) in [4.78, 5) is 22.4. The molecule has 5 nitrogen and oxygen atoms in total. The van der Waals surface area contributed by atoms with Crippen LogP contribution in [-0.4, -0.2) is 22.1 Å². The number of para-hydroxylation sites is 1. The first-order valence-electron chi connectivity index (χ1n) is 7.18. The molecule has 0 bridgehead atoms. The van der Waals surface area contributed by atoms with E-state index in [1.54, 1.807) is 23.1 Å². The van der Waals surface area contributed by atoms with Gasteiger partial charge < -0.3 is 10.6 Å². The molecule has 2 N–H and O–H groups in total. The van der Waals surface area contributed by atoms with Crippen LogP contribution in [0.25, 0.3) is 10.6 Å². The fourth-order valence-corrected chi connectivity index (χ4v) is 4.45. The van der Waals surface area contributed by atoms with Gasteiger partial charge in [-0.2, -0.15) is 0 Å². The summed E-state index contributed by atoms with van der Waals surface area (Å²) in [6.45, 7) is 3.40. The maximum absolute atomic E-state index is 11.2. The molecule has 2 heterocycles. The Hall–Kier alpha value is -1.61. The first-order chi connectivity index (χ1) is 11.6. The largest absolute Gasteiger partial charge is 0.331 e. The molecule has 3 aromatic rings. The van der Waals surface area contributed by atoms with E-state index in [4.69, 9.17) is 0 Å². The van der Waals surface area contributed by atoms with Crippen molar-refractivity contribution in [3.8, 4) is 10.6 Å². The lowest BCUT2D eigenvalue weighted by Crippen LogP contribution is -2.04. The lowest BCUT2D eigenvalue weighted by atomic mass is 10.3. The summed E-state index contributed by atoms with van der Waals surface area (Å²) < 4.78 is 0. The number of aryl methyl sites for hydroxylation is 1. The quantitative estimate of drug-likeness (QED) is 0.547. The van der Waals surface area contributed by atoms with Crippen LogP contribution < -0.4 is 10.6 Å². The van der Waals surface area contributed by atoms with Crippen molar-refractivity contribution in [2.24, 2.45) is 0 Å². The van der Waals surface area contributed by atoms with Crippen molar-refractivity contribution in [2.45, 2.75) is 18.7 Å². The number of halogens is 1. The third-order valence-corrected chi connectivity index (χ3v) is 5.81. The Morgan fingerprint density at radius 3 is 2.68 bits per heavy atom. The lowest BCUT2D eigenvalue weighted by molar-refractivity contribution is -0.114. The van der Waals surface area contributed by atoms with Gasteiger partial charge in [0.15, 0.2) is 10.3 Å².